The molecule has 1 aliphatic rings. The van der Waals surface area contributed by atoms with Gasteiger partial charge >= 0.3 is 6.03 Å². The number of amides is 2. The van der Waals surface area contributed by atoms with Crippen LogP contribution in [-0.4, -0.2) is 25.2 Å². The highest BCUT2D eigenvalue weighted by Crippen LogP contribution is 2.55. The summed E-state index contributed by atoms with van der Waals surface area (Å²) in [5, 5.41) is 12.6. The third-order valence-corrected chi connectivity index (χ3v) is 6.32. The summed E-state index contributed by atoms with van der Waals surface area (Å²) >= 11 is 6.14. The van der Waals surface area contributed by atoms with Gasteiger partial charge in [0, 0.05) is 41.4 Å². The fraction of sp³-hybridized carbons (Fsp3) is 0.391. The number of hydrogen-bond acceptors (Lipinski definition) is 4. The van der Waals surface area contributed by atoms with Crippen molar-refractivity contribution in [2.45, 2.75) is 39.8 Å². The van der Waals surface area contributed by atoms with Crippen LogP contribution in [-0.2, 0) is 0 Å². The molecule has 2 amide bonds. The molecule has 0 heterocycles. The van der Waals surface area contributed by atoms with Crippen LogP contribution < -0.4 is 20.7 Å². The molecule has 0 saturated heterocycles. The highest BCUT2D eigenvalue weighted by atomic mass is 35.5. The Morgan fingerprint density at radius 1 is 1.17 bits per heavy atom. The first-order valence-corrected chi connectivity index (χ1v) is 10.1. The smallest absolute Gasteiger partial charge is 0.321 e. The maximum absolute atomic E-state index is 12.9. The number of anilines is 2. The van der Waals surface area contributed by atoms with E-state index in [1.165, 1.54) is 0 Å². The Hall–Kier alpha value is -2.91. The van der Waals surface area contributed by atoms with Gasteiger partial charge in [-0.2, -0.15) is 5.26 Å². The molecule has 1 fully saturated rings. The van der Waals surface area contributed by atoms with Crippen molar-refractivity contribution in [1.29, 1.82) is 5.26 Å². The van der Waals surface area contributed by atoms with Crippen LogP contribution in [0.15, 0.2) is 42.5 Å². The van der Waals surface area contributed by atoms with E-state index in [1.54, 1.807) is 42.3 Å². The van der Waals surface area contributed by atoms with Crippen molar-refractivity contribution in [2.75, 3.05) is 17.7 Å². The van der Waals surface area contributed by atoms with E-state index in [2.05, 4.69) is 33.0 Å². The van der Waals surface area contributed by atoms with E-state index >= 15 is 0 Å². The molecule has 0 atom stereocenters. The Kier molecular flexibility index (Phi) is 5.62. The fourth-order valence-electron chi connectivity index (χ4n) is 4.63. The van der Waals surface area contributed by atoms with E-state index in [0.717, 1.165) is 5.69 Å². The quantitative estimate of drug-likeness (QED) is 0.685. The Labute approximate surface area is 182 Å². The van der Waals surface area contributed by atoms with Crippen molar-refractivity contribution in [1.82, 2.24) is 5.32 Å². The predicted molar refractivity (Wildman–Crippen MR) is 120 cm³/mol. The van der Waals surface area contributed by atoms with E-state index in [9.17, 15) is 4.79 Å². The summed E-state index contributed by atoms with van der Waals surface area (Å²) in [4.78, 5) is 14.5. The molecule has 1 saturated carbocycles. The molecule has 0 unspecified atom stereocenters. The van der Waals surface area contributed by atoms with Gasteiger partial charge in [0.2, 0.25) is 0 Å². The van der Waals surface area contributed by atoms with Crippen LogP contribution in [0, 0.1) is 22.2 Å². The normalized spacial score (nSPS) is 21.1. The summed E-state index contributed by atoms with van der Waals surface area (Å²) in [7, 11) is 1.73. The first-order chi connectivity index (χ1) is 14.0. The van der Waals surface area contributed by atoms with Crippen molar-refractivity contribution < 1.29 is 9.53 Å². The van der Waals surface area contributed by atoms with Gasteiger partial charge < -0.3 is 15.8 Å². The molecule has 0 radical (unpaired) electrons. The maximum Gasteiger partial charge on any atom is 0.321 e. The van der Waals surface area contributed by atoms with E-state index in [0.29, 0.717) is 22.0 Å². The Bertz CT molecular complexity index is 979. The SMILES string of the molecule is CN(C(=O)NC1C(C)(C)C(Oc2ccc(C#N)c(Cl)c2)C1(C)C)c1ccc(N)cc1. The van der Waals surface area contributed by atoms with Crippen molar-refractivity contribution in [3.63, 3.8) is 0 Å². The second kappa shape index (κ2) is 7.73. The van der Waals surface area contributed by atoms with Crippen LogP contribution >= 0.6 is 11.6 Å². The lowest BCUT2D eigenvalue weighted by Gasteiger charge is -2.63. The maximum atomic E-state index is 12.9. The minimum Gasteiger partial charge on any atom is -0.489 e. The van der Waals surface area contributed by atoms with Crippen LogP contribution in [0.25, 0.3) is 0 Å². The van der Waals surface area contributed by atoms with Crippen LogP contribution in [0.5, 0.6) is 5.75 Å². The van der Waals surface area contributed by atoms with Crippen LogP contribution in [0.3, 0.4) is 0 Å². The molecule has 1 aliphatic carbocycles. The highest BCUT2D eigenvalue weighted by Gasteiger charge is 2.64. The largest absolute Gasteiger partial charge is 0.489 e. The summed E-state index contributed by atoms with van der Waals surface area (Å²) in [6.07, 6.45) is -0.152. The van der Waals surface area contributed by atoms with Crippen molar-refractivity contribution in [2.24, 2.45) is 10.8 Å². The standard InChI is InChI=1S/C23H27ClN4O2/c1-22(2)19(27-21(29)28(5)16-9-7-15(26)8-10-16)23(3,4)20(22)30-17-11-6-14(13-25)18(24)12-17/h6-12,19-20H,26H2,1-5H3,(H,27,29). The molecule has 158 valence electrons. The molecule has 0 bridgehead atoms. The van der Waals surface area contributed by atoms with Crippen LogP contribution in [0.1, 0.15) is 33.3 Å². The zero-order chi connectivity index (χ0) is 22.3. The molecule has 0 aliphatic heterocycles. The average molecular weight is 427 g/mol. The molecule has 3 rings (SSSR count). The zero-order valence-electron chi connectivity index (χ0n) is 17.9. The summed E-state index contributed by atoms with van der Waals surface area (Å²) in [6, 6.07) is 14.0. The highest BCUT2D eigenvalue weighted by molar-refractivity contribution is 6.31. The molecule has 0 aromatic heterocycles. The van der Waals surface area contributed by atoms with Gasteiger partial charge in [0.25, 0.3) is 0 Å². The number of halogens is 1. The van der Waals surface area contributed by atoms with Gasteiger partial charge in [-0.05, 0) is 36.4 Å². The number of rotatable bonds is 4. The number of nitrogens with two attached hydrogens (primary N) is 1. The lowest BCUT2D eigenvalue weighted by molar-refractivity contribution is -0.163. The molecule has 7 heteroatoms. The third kappa shape index (κ3) is 3.78. The third-order valence-electron chi connectivity index (χ3n) is 6.01. The molecule has 2 aromatic carbocycles. The van der Waals surface area contributed by atoms with E-state index in [4.69, 9.17) is 27.3 Å². The zero-order valence-corrected chi connectivity index (χ0v) is 18.6. The second-order valence-corrected chi connectivity index (χ2v) is 9.33. The first-order valence-electron chi connectivity index (χ1n) is 9.74. The number of ether oxygens (including phenoxy) is 1. The number of nitrogens with zero attached hydrogens (tertiary/aromatic N) is 2. The molecular weight excluding hydrogens is 400 g/mol. The van der Waals surface area contributed by atoms with Gasteiger partial charge in [0.05, 0.1) is 10.6 Å². The number of nitrogen functional groups attached to an aromatic ring is 1. The number of hydrogen-bond donors (Lipinski definition) is 2. The molecule has 0 spiro atoms. The minimum absolute atomic E-state index is 0.104. The molecule has 30 heavy (non-hydrogen) atoms. The van der Waals surface area contributed by atoms with Gasteiger partial charge in [-0.1, -0.05) is 39.3 Å². The van der Waals surface area contributed by atoms with Crippen LogP contribution in [0.2, 0.25) is 5.02 Å². The lowest BCUT2D eigenvalue weighted by Crippen LogP contribution is -2.75. The van der Waals surface area contributed by atoms with Crippen molar-refractivity contribution >= 4 is 29.0 Å². The molecule has 3 N–H and O–H groups in total. The van der Waals surface area contributed by atoms with E-state index in [1.807, 2.05) is 18.2 Å². The first kappa shape index (κ1) is 21.8. The van der Waals surface area contributed by atoms with Gasteiger partial charge in [-0.3, -0.25) is 4.90 Å². The van der Waals surface area contributed by atoms with Crippen LogP contribution in [0.4, 0.5) is 16.2 Å². The summed E-state index contributed by atoms with van der Waals surface area (Å²) in [5.74, 6) is 0.605. The Balaban J connectivity index is 1.73. The lowest BCUT2D eigenvalue weighted by atomic mass is 9.49. The molecular formula is C23H27ClN4O2. The second-order valence-electron chi connectivity index (χ2n) is 8.93. The average Bonchev–Trinajstić information content (AvgIpc) is 2.69. The topological polar surface area (TPSA) is 91.4 Å². The number of carbonyl (C=O) groups is 1. The molecule has 2 aromatic rings. The van der Waals surface area contributed by atoms with Gasteiger partial charge in [0.15, 0.2) is 0 Å². The van der Waals surface area contributed by atoms with Crippen molar-refractivity contribution in [3.8, 4) is 11.8 Å². The number of carbonyl (C=O) groups excluding carboxylic acids is 1. The predicted octanol–water partition coefficient (Wildman–Crippen LogP) is 4.82. The minimum atomic E-state index is -0.318. The van der Waals surface area contributed by atoms with E-state index in [-0.39, 0.29) is 29.0 Å². The Morgan fingerprint density at radius 2 is 1.77 bits per heavy atom. The number of benzene rings is 2. The monoisotopic (exact) mass is 426 g/mol. The van der Waals surface area contributed by atoms with Gasteiger partial charge in [-0.15, -0.1) is 0 Å². The van der Waals surface area contributed by atoms with E-state index < -0.39 is 0 Å². The number of urea groups is 1. The number of nitriles is 1. The fourth-order valence-corrected chi connectivity index (χ4v) is 4.84. The Morgan fingerprint density at radius 3 is 2.30 bits per heavy atom. The molecule has 6 nitrogen and oxygen atoms in total. The number of nitrogens with one attached hydrogen (secondary N) is 1. The van der Waals surface area contributed by atoms with Gasteiger partial charge in [-0.25, -0.2) is 4.79 Å². The van der Waals surface area contributed by atoms with Crippen molar-refractivity contribution in [3.05, 3.63) is 53.1 Å². The summed E-state index contributed by atoms with van der Waals surface area (Å²) < 4.78 is 6.26. The van der Waals surface area contributed by atoms with Gasteiger partial charge in [0.1, 0.15) is 17.9 Å². The summed E-state index contributed by atoms with van der Waals surface area (Å²) in [6.45, 7) is 8.29. The summed E-state index contributed by atoms with van der Waals surface area (Å²) in [5.41, 5.74) is 6.92.